The molecule has 26 N–H and O–H groups in total. The largest absolute Gasteiger partial charge is 0.368 e. The van der Waals surface area contributed by atoms with Gasteiger partial charge in [-0.1, -0.05) is 72.8 Å². The van der Waals surface area contributed by atoms with Crippen LogP contribution in [0.4, 0.5) is 0 Å². The van der Waals surface area contributed by atoms with E-state index < -0.39 is 108 Å². The van der Waals surface area contributed by atoms with Crippen LogP contribution in [0.15, 0.2) is 122 Å². The van der Waals surface area contributed by atoms with Gasteiger partial charge in [0.1, 0.15) is 48.3 Å². The minimum absolute atomic E-state index is 0.0467. The zero-order valence-electron chi connectivity index (χ0n) is 54.4. The van der Waals surface area contributed by atoms with Crippen LogP contribution in [0.3, 0.4) is 0 Å². The van der Waals surface area contributed by atoms with E-state index in [2.05, 4.69) is 62.5 Å². The molecule has 9 atom stereocenters. The van der Waals surface area contributed by atoms with Crippen molar-refractivity contribution in [3.8, 4) is 0 Å². The van der Waals surface area contributed by atoms with Crippen molar-refractivity contribution in [2.75, 3.05) is 32.7 Å². The van der Waals surface area contributed by atoms with Crippen LogP contribution in [0.25, 0.3) is 43.6 Å². The Hall–Kier alpha value is -9.97. The minimum atomic E-state index is -1.45. The number of hydrogen-bond acceptors (Lipinski definition) is 15. The predicted octanol–water partition coefficient (Wildman–Crippen LogP) is 0.268. The molecule has 0 saturated heterocycles. The zero-order valence-corrected chi connectivity index (χ0v) is 54.4. The second-order valence-electron chi connectivity index (χ2n) is 24.4. The van der Waals surface area contributed by atoms with E-state index in [9.17, 15) is 24.0 Å². The molecule has 8 aromatic rings. The van der Waals surface area contributed by atoms with Crippen LogP contribution in [-0.4, -0.2) is 160 Å². The minimum Gasteiger partial charge on any atom is -0.368 e. The lowest BCUT2D eigenvalue weighted by molar-refractivity contribution is -0.136. The van der Waals surface area contributed by atoms with E-state index in [4.69, 9.17) is 40.1 Å². The molecule has 4 aromatic carbocycles. The van der Waals surface area contributed by atoms with Crippen molar-refractivity contribution in [2.45, 2.75) is 144 Å². The second kappa shape index (κ2) is 36.2. The standard InChI is InChI=1S/C69H93N19O9/c70-27-9-18-48(75)62(90)82-54(24-11-29-72)64(92)85-59(34-42-38-79-51-21-7-3-16-46(42)51)68(96)88-58(33-41-37-78-50-20-6-2-15-45(41)50)67(95)84-56(26-13-31-74)65(93)86-60(35-43-39-80-52-22-8-4-17-47(43)52)69(97)87-57(32-40-36-77-49-19-5-1-14-44(40)49)66(94)83-55(25-12-30-73)63(91)81-53(61(76)89)23-10-28-71/h1-8,14-17,19-22,36-39,48,53-60,77-80H,9-13,18,23-35,70-75H2,(H2,76,89)(H,81,91)(H,82,90)(H,83,94)(H,84,95)(H,85,92)(H,86,93)(H,87,97)(H,88,96)/t48-,53-,54-,55-,56-,57-,58-,59-,60-/m0/s1. The second-order valence-corrected chi connectivity index (χ2v) is 24.4. The summed E-state index contributed by atoms with van der Waals surface area (Å²) in [5.74, 6) is -6.79. The van der Waals surface area contributed by atoms with Crippen molar-refractivity contribution in [3.05, 3.63) is 144 Å². The van der Waals surface area contributed by atoms with Crippen LogP contribution in [0.5, 0.6) is 0 Å². The number of nitrogens with two attached hydrogens (primary N) is 7. The third-order valence-electron chi connectivity index (χ3n) is 17.3. The maximum atomic E-state index is 15.4. The number of primary amides is 1. The molecule has 97 heavy (non-hydrogen) atoms. The first-order valence-corrected chi connectivity index (χ1v) is 33.1. The lowest BCUT2D eigenvalue weighted by Crippen LogP contribution is -2.61. The molecule has 0 radical (unpaired) electrons. The fraction of sp³-hybridized carbons (Fsp3) is 0.406. The number of carbonyl (C=O) groups excluding carboxylic acids is 9. The lowest BCUT2D eigenvalue weighted by Gasteiger charge is -2.28. The van der Waals surface area contributed by atoms with E-state index in [1.807, 2.05) is 97.1 Å². The molecular formula is C69H93N19O9. The van der Waals surface area contributed by atoms with Crippen molar-refractivity contribution in [1.29, 1.82) is 0 Å². The fourth-order valence-electron chi connectivity index (χ4n) is 12.0. The molecule has 0 aliphatic carbocycles. The number of H-pyrrole nitrogens is 4. The van der Waals surface area contributed by atoms with Crippen LogP contribution in [-0.2, 0) is 68.8 Å². The Balaban J connectivity index is 1.11. The molecule has 4 heterocycles. The Morgan fingerprint density at radius 1 is 0.299 bits per heavy atom. The molecule has 28 nitrogen and oxygen atoms in total. The highest BCUT2D eigenvalue weighted by atomic mass is 16.2. The SMILES string of the molecule is NCCC[C@H](NC(=O)[C@H](CCCN)NC(=O)[C@H](Cc1c[nH]c2ccccc12)NC(=O)[C@H](Cc1c[nH]c2ccccc12)NC(=O)[C@H](CCCN)NC(=O)[C@H](Cc1c[nH]c2ccccc12)NC(=O)[C@H](Cc1c[nH]c2ccccc12)NC(=O)[C@H](CCCN)NC(=O)[C@@H](N)CCCN)C(N)=O. The summed E-state index contributed by atoms with van der Waals surface area (Å²) in [5, 5.41) is 25.7. The van der Waals surface area contributed by atoms with Crippen molar-refractivity contribution < 1.29 is 43.2 Å². The molecule has 0 bridgehead atoms. The predicted molar refractivity (Wildman–Crippen MR) is 372 cm³/mol. The van der Waals surface area contributed by atoms with E-state index in [0.29, 0.717) is 48.1 Å². The van der Waals surface area contributed by atoms with Gasteiger partial charge in [-0.2, -0.15) is 0 Å². The smallest absolute Gasteiger partial charge is 0.243 e. The quantitative estimate of drug-likeness (QED) is 0.0245. The van der Waals surface area contributed by atoms with Crippen molar-refractivity contribution in [1.82, 2.24) is 62.5 Å². The number of amides is 9. The number of nitrogens with one attached hydrogen (secondary N) is 12. The summed E-state index contributed by atoms with van der Waals surface area (Å²) in [6, 6.07) is 18.0. The Morgan fingerprint density at radius 3 is 0.784 bits per heavy atom. The average molecular weight is 1330 g/mol. The van der Waals surface area contributed by atoms with Gasteiger partial charge >= 0.3 is 0 Å². The van der Waals surface area contributed by atoms with Crippen molar-refractivity contribution in [3.63, 3.8) is 0 Å². The van der Waals surface area contributed by atoms with Gasteiger partial charge < -0.3 is 103 Å². The number of aromatic nitrogens is 4. The summed E-state index contributed by atoms with van der Waals surface area (Å²) < 4.78 is 0. The van der Waals surface area contributed by atoms with E-state index in [1.165, 1.54) is 0 Å². The van der Waals surface area contributed by atoms with Gasteiger partial charge in [-0.3, -0.25) is 43.2 Å². The molecule has 0 saturated carbocycles. The highest BCUT2D eigenvalue weighted by Gasteiger charge is 2.37. The summed E-state index contributed by atoms with van der Waals surface area (Å²) in [4.78, 5) is 143. The average Bonchev–Trinajstić information content (AvgIpc) is 1.76. The van der Waals surface area contributed by atoms with Crippen molar-refractivity contribution >= 4 is 96.8 Å². The van der Waals surface area contributed by atoms with E-state index in [0.717, 1.165) is 43.6 Å². The molecule has 0 fully saturated rings. The van der Waals surface area contributed by atoms with Gasteiger partial charge in [0.2, 0.25) is 53.2 Å². The number of para-hydroxylation sites is 4. The number of rotatable bonds is 40. The van der Waals surface area contributed by atoms with Crippen LogP contribution in [0.2, 0.25) is 0 Å². The van der Waals surface area contributed by atoms with Gasteiger partial charge in [0.25, 0.3) is 0 Å². The number of carbonyl (C=O) groups is 9. The fourth-order valence-corrected chi connectivity index (χ4v) is 12.0. The Labute approximate surface area is 561 Å². The molecular weight excluding hydrogens is 1240 g/mol. The molecule has 9 amide bonds. The van der Waals surface area contributed by atoms with Crippen LogP contribution < -0.4 is 82.7 Å². The van der Waals surface area contributed by atoms with Gasteiger partial charge in [-0.25, -0.2) is 0 Å². The Kier molecular flexibility index (Phi) is 27.2. The first kappa shape index (κ1) is 72.9. The zero-order chi connectivity index (χ0) is 69.4. The molecule has 0 aliphatic rings. The normalized spacial score (nSPS) is 14.3. The van der Waals surface area contributed by atoms with Crippen LogP contribution in [0, 0.1) is 0 Å². The maximum absolute atomic E-state index is 15.4. The molecule has 518 valence electrons. The third kappa shape index (κ3) is 20.1. The molecule has 8 rings (SSSR count). The Bertz CT molecular complexity index is 3970. The van der Waals surface area contributed by atoms with Crippen LogP contribution >= 0.6 is 0 Å². The number of benzene rings is 4. The summed E-state index contributed by atoms with van der Waals surface area (Å²) in [6.45, 7) is 0.963. The van der Waals surface area contributed by atoms with E-state index in [1.54, 1.807) is 24.8 Å². The lowest BCUT2D eigenvalue weighted by atomic mass is 9.99. The summed E-state index contributed by atoms with van der Waals surface area (Å²) >= 11 is 0. The molecule has 0 aliphatic heterocycles. The van der Waals surface area contributed by atoms with Crippen LogP contribution in [0.1, 0.15) is 86.5 Å². The highest BCUT2D eigenvalue weighted by Crippen LogP contribution is 2.25. The summed E-state index contributed by atoms with van der Waals surface area (Å²) in [7, 11) is 0. The number of fused-ring (bicyclic) bond motifs is 4. The first-order chi connectivity index (χ1) is 46.9. The molecule has 4 aromatic heterocycles. The molecule has 0 spiro atoms. The summed E-state index contributed by atoms with van der Waals surface area (Å²) in [5.41, 5.74) is 46.7. The van der Waals surface area contributed by atoms with Crippen molar-refractivity contribution in [2.24, 2.45) is 40.1 Å². The number of hydrogen-bond donors (Lipinski definition) is 19. The third-order valence-corrected chi connectivity index (χ3v) is 17.3. The van der Waals surface area contributed by atoms with E-state index in [-0.39, 0.29) is 96.8 Å². The summed E-state index contributed by atoms with van der Waals surface area (Å²) in [6.07, 6.45) is 8.58. The molecule has 0 unspecified atom stereocenters. The topological polar surface area (TPSA) is 495 Å². The molecule has 28 heteroatoms. The van der Waals surface area contributed by atoms with Gasteiger partial charge in [0.15, 0.2) is 0 Å². The first-order valence-electron chi connectivity index (χ1n) is 33.1. The van der Waals surface area contributed by atoms with Gasteiger partial charge in [0.05, 0.1) is 6.04 Å². The Morgan fingerprint density at radius 2 is 0.515 bits per heavy atom. The van der Waals surface area contributed by atoms with Gasteiger partial charge in [-0.05, 0) is 143 Å². The van der Waals surface area contributed by atoms with Gasteiger partial charge in [-0.15, -0.1) is 0 Å². The monoisotopic (exact) mass is 1330 g/mol. The maximum Gasteiger partial charge on any atom is 0.243 e. The van der Waals surface area contributed by atoms with Gasteiger partial charge in [0, 0.05) is 94.1 Å². The van der Waals surface area contributed by atoms with E-state index >= 15 is 19.2 Å². The highest BCUT2D eigenvalue weighted by molar-refractivity contribution is 6.00. The number of aromatic amines is 4.